The number of nitrogens with zero attached hydrogens (tertiary/aromatic N) is 6. The third kappa shape index (κ3) is 4.44. The van der Waals surface area contributed by atoms with E-state index in [0.717, 1.165) is 59.1 Å². The molecule has 2 saturated carbocycles. The van der Waals surface area contributed by atoms with Crippen molar-refractivity contribution in [1.82, 2.24) is 19.9 Å². The highest BCUT2D eigenvalue weighted by Gasteiger charge is 2.41. The van der Waals surface area contributed by atoms with E-state index < -0.39 is 0 Å². The summed E-state index contributed by atoms with van der Waals surface area (Å²) in [5.41, 5.74) is 5.02. The predicted molar refractivity (Wildman–Crippen MR) is 142 cm³/mol. The van der Waals surface area contributed by atoms with Gasteiger partial charge in [0, 0.05) is 54.7 Å². The van der Waals surface area contributed by atoms with Crippen LogP contribution in [0.5, 0.6) is 0 Å². The van der Waals surface area contributed by atoms with Crippen LogP contribution in [0.15, 0.2) is 37.2 Å². The zero-order valence-electron chi connectivity index (χ0n) is 20.8. The number of hydrogen-bond acceptors (Lipinski definition) is 7. The van der Waals surface area contributed by atoms with Gasteiger partial charge in [-0.2, -0.15) is 5.26 Å². The Labute approximate surface area is 216 Å². The lowest BCUT2D eigenvalue weighted by Gasteiger charge is -2.42. The van der Waals surface area contributed by atoms with Crippen molar-refractivity contribution in [3.63, 3.8) is 0 Å². The SMILES string of the molecule is C=Cc1ccc2c(-c3cc(C#N)c(N4CCN(C(=O)CCO)[C@H](C5CC5)C4)nc3C3CC3)cncc2n1. The molecule has 1 N–H and O–H groups in total. The van der Waals surface area contributed by atoms with Gasteiger partial charge in [-0.3, -0.25) is 9.78 Å². The molecular weight excluding hydrogens is 464 g/mol. The Morgan fingerprint density at radius 3 is 2.70 bits per heavy atom. The van der Waals surface area contributed by atoms with Crippen LogP contribution in [0.2, 0.25) is 0 Å². The van der Waals surface area contributed by atoms with Gasteiger partial charge in [0.25, 0.3) is 0 Å². The summed E-state index contributed by atoms with van der Waals surface area (Å²) in [5.74, 6) is 1.57. The normalized spacial score (nSPS) is 19.6. The summed E-state index contributed by atoms with van der Waals surface area (Å²) in [6.07, 6.45) is 9.86. The molecule has 2 aliphatic carbocycles. The van der Waals surface area contributed by atoms with E-state index in [4.69, 9.17) is 4.98 Å². The van der Waals surface area contributed by atoms with Crippen LogP contribution in [-0.2, 0) is 4.79 Å². The number of aliphatic hydroxyl groups excluding tert-OH is 1. The molecule has 0 aromatic carbocycles. The van der Waals surface area contributed by atoms with Gasteiger partial charge in [0.2, 0.25) is 5.91 Å². The van der Waals surface area contributed by atoms with E-state index in [1.54, 1.807) is 12.3 Å². The van der Waals surface area contributed by atoms with Crippen molar-refractivity contribution in [2.45, 2.75) is 44.1 Å². The molecule has 1 amide bonds. The lowest BCUT2D eigenvalue weighted by atomic mass is 9.97. The number of nitriles is 1. The standard InChI is InChI=1S/C29H30N6O2/c1-2-21-7-8-22-24(15-31-16-25(22)32-21)23-13-20(14-30)29(33-28(23)19-5-6-19)34-10-11-35(27(37)9-12-36)26(17-34)18-3-4-18/h2,7-8,13,15-16,18-19,26,36H,1,3-6,9-12,17H2/t26-/m0/s1. The number of piperazine rings is 1. The minimum absolute atomic E-state index is 0.0122. The van der Waals surface area contributed by atoms with Gasteiger partial charge in [0.1, 0.15) is 11.9 Å². The van der Waals surface area contributed by atoms with Crippen molar-refractivity contribution < 1.29 is 9.90 Å². The number of amides is 1. The monoisotopic (exact) mass is 494 g/mol. The third-order valence-corrected chi connectivity index (χ3v) is 7.78. The van der Waals surface area contributed by atoms with Gasteiger partial charge in [-0.15, -0.1) is 0 Å². The lowest BCUT2D eigenvalue weighted by Crippen LogP contribution is -2.56. The molecule has 1 saturated heterocycles. The molecule has 0 bridgehead atoms. The Hall–Kier alpha value is -3.83. The number of carbonyl (C=O) groups excluding carboxylic acids is 1. The number of aromatic nitrogens is 3. The Bertz CT molecular complexity index is 1420. The largest absolute Gasteiger partial charge is 0.396 e. The van der Waals surface area contributed by atoms with Crippen LogP contribution < -0.4 is 4.90 Å². The molecule has 3 aliphatic rings. The summed E-state index contributed by atoms with van der Waals surface area (Å²) in [7, 11) is 0. The van der Waals surface area contributed by atoms with Gasteiger partial charge < -0.3 is 14.9 Å². The van der Waals surface area contributed by atoms with Crippen molar-refractivity contribution in [2.24, 2.45) is 5.92 Å². The molecule has 8 heteroatoms. The van der Waals surface area contributed by atoms with E-state index in [1.807, 2.05) is 29.3 Å². The molecule has 3 fully saturated rings. The highest BCUT2D eigenvalue weighted by atomic mass is 16.3. The maximum atomic E-state index is 12.7. The Morgan fingerprint density at radius 2 is 2.00 bits per heavy atom. The number of hydrogen-bond donors (Lipinski definition) is 1. The molecule has 8 nitrogen and oxygen atoms in total. The van der Waals surface area contributed by atoms with Crippen molar-refractivity contribution in [1.29, 1.82) is 5.26 Å². The number of carbonyl (C=O) groups is 1. The first-order valence-electron chi connectivity index (χ1n) is 13.1. The van der Waals surface area contributed by atoms with E-state index in [9.17, 15) is 15.2 Å². The van der Waals surface area contributed by atoms with E-state index >= 15 is 0 Å². The molecule has 3 aromatic heterocycles. The summed E-state index contributed by atoms with van der Waals surface area (Å²) >= 11 is 0. The third-order valence-electron chi connectivity index (χ3n) is 7.78. The van der Waals surface area contributed by atoms with Crippen LogP contribution in [0.1, 0.15) is 55.0 Å². The van der Waals surface area contributed by atoms with E-state index in [2.05, 4.69) is 27.5 Å². The molecule has 37 heavy (non-hydrogen) atoms. The number of aliphatic hydroxyl groups is 1. The molecular formula is C29H30N6O2. The van der Waals surface area contributed by atoms with Gasteiger partial charge >= 0.3 is 0 Å². The summed E-state index contributed by atoms with van der Waals surface area (Å²) in [4.78, 5) is 31.1. The second kappa shape index (κ2) is 9.56. The molecule has 188 valence electrons. The average molecular weight is 495 g/mol. The maximum Gasteiger partial charge on any atom is 0.225 e. The summed E-state index contributed by atoms with van der Waals surface area (Å²) in [6.45, 7) is 5.55. The molecule has 1 aliphatic heterocycles. The number of rotatable bonds is 7. The Kier molecular flexibility index (Phi) is 6.09. The molecule has 0 radical (unpaired) electrons. The summed E-state index contributed by atoms with van der Waals surface area (Å²) < 4.78 is 0. The van der Waals surface area contributed by atoms with Crippen LogP contribution >= 0.6 is 0 Å². The second-order valence-corrected chi connectivity index (χ2v) is 10.3. The first-order chi connectivity index (χ1) is 18.1. The molecule has 0 unspecified atom stereocenters. The molecule has 4 heterocycles. The van der Waals surface area contributed by atoms with E-state index in [1.165, 1.54) is 0 Å². The minimum atomic E-state index is -0.129. The van der Waals surface area contributed by atoms with Gasteiger partial charge in [0.15, 0.2) is 0 Å². The van der Waals surface area contributed by atoms with Crippen molar-refractivity contribution in [3.8, 4) is 17.2 Å². The van der Waals surface area contributed by atoms with Crippen LogP contribution in [0.4, 0.5) is 5.82 Å². The summed E-state index contributed by atoms with van der Waals surface area (Å²) in [6, 6.07) is 8.45. The first-order valence-corrected chi connectivity index (χ1v) is 13.1. The quantitative estimate of drug-likeness (QED) is 0.531. The highest BCUT2D eigenvalue weighted by Crippen LogP contribution is 2.46. The van der Waals surface area contributed by atoms with Gasteiger partial charge in [-0.25, -0.2) is 9.97 Å². The van der Waals surface area contributed by atoms with Crippen molar-refractivity contribution >= 4 is 28.7 Å². The van der Waals surface area contributed by atoms with Crippen LogP contribution in [0.3, 0.4) is 0 Å². The van der Waals surface area contributed by atoms with Crippen LogP contribution in [0.25, 0.3) is 28.1 Å². The molecule has 0 spiro atoms. The Balaban J connectivity index is 1.40. The smallest absolute Gasteiger partial charge is 0.225 e. The zero-order valence-corrected chi connectivity index (χ0v) is 20.8. The average Bonchev–Trinajstić information content (AvgIpc) is 3.85. The topological polar surface area (TPSA) is 106 Å². The van der Waals surface area contributed by atoms with Gasteiger partial charge in [0.05, 0.1) is 41.3 Å². The van der Waals surface area contributed by atoms with E-state index in [-0.39, 0.29) is 25.0 Å². The van der Waals surface area contributed by atoms with Crippen molar-refractivity contribution in [2.75, 3.05) is 31.1 Å². The lowest BCUT2D eigenvalue weighted by molar-refractivity contribution is -0.135. The number of fused-ring (bicyclic) bond motifs is 1. The van der Waals surface area contributed by atoms with Gasteiger partial charge in [-0.1, -0.05) is 6.58 Å². The highest BCUT2D eigenvalue weighted by molar-refractivity contribution is 5.95. The predicted octanol–water partition coefficient (Wildman–Crippen LogP) is 3.89. The van der Waals surface area contributed by atoms with Crippen LogP contribution in [0, 0.1) is 17.2 Å². The molecule has 6 rings (SSSR count). The molecule has 1 atom stereocenters. The Morgan fingerprint density at radius 1 is 1.16 bits per heavy atom. The number of anilines is 1. The maximum absolute atomic E-state index is 12.7. The second-order valence-electron chi connectivity index (χ2n) is 10.3. The zero-order chi connectivity index (χ0) is 25.5. The fourth-order valence-corrected chi connectivity index (χ4v) is 5.56. The fourth-order valence-electron chi connectivity index (χ4n) is 5.56. The van der Waals surface area contributed by atoms with Crippen molar-refractivity contribution in [3.05, 3.63) is 54.1 Å². The number of pyridine rings is 3. The van der Waals surface area contributed by atoms with E-state index in [0.29, 0.717) is 42.9 Å². The van der Waals surface area contributed by atoms with Gasteiger partial charge in [-0.05, 0) is 55.9 Å². The first kappa shape index (κ1) is 23.6. The summed E-state index contributed by atoms with van der Waals surface area (Å²) in [5, 5.41) is 20.5. The molecule has 3 aromatic rings. The fraction of sp³-hybridized carbons (Fsp3) is 0.414. The minimum Gasteiger partial charge on any atom is -0.396 e. The van der Waals surface area contributed by atoms with Crippen LogP contribution in [-0.4, -0.2) is 63.1 Å².